The highest BCUT2D eigenvalue weighted by Crippen LogP contribution is 2.33. The summed E-state index contributed by atoms with van der Waals surface area (Å²) in [5.41, 5.74) is 3.16. The Bertz CT molecular complexity index is 644. The van der Waals surface area contributed by atoms with Crippen molar-refractivity contribution in [2.45, 2.75) is 39.5 Å². The number of hydrogen-bond acceptors (Lipinski definition) is 3. The molecule has 0 aromatic heterocycles. The van der Waals surface area contributed by atoms with Gasteiger partial charge in [-0.05, 0) is 48.2 Å². The second-order valence-electron chi connectivity index (χ2n) is 5.83. The molecule has 0 amide bonds. The van der Waals surface area contributed by atoms with Gasteiger partial charge in [0.15, 0.2) is 0 Å². The van der Waals surface area contributed by atoms with E-state index in [2.05, 4.69) is 0 Å². The average Bonchev–Trinajstić information content (AvgIpc) is 2.50. The van der Waals surface area contributed by atoms with Crippen molar-refractivity contribution in [2.24, 2.45) is 0 Å². The monoisotopic (exact) mass is 298 g/mol. The fourth-order valence-corrected chi connectivity index (χ4v) is 2.90. The third-order valence-corrected chi connectivity index (χ3v) is 4.48. The predicted molar refractivity (Wildman–Crippen MR) is 87.5 cm³/mol. The molecule has 0 aliphatic carbocycles. The third-order valence-electron chi connectivity index (χ3n) is 4.48. The number of aromatic hydroxyl groups is 2. The number of phenols is 2. The van der Waals surface area contributed by atoms with Crippen LogP contribution in [-0.2, 0) is 4.79 Å². The molecule has 2 unspecified atom stereocenters. The molecule has 2 aromatic carbocycles. The minimum atomic E-state index is -0.316. The SMILES string of the molecule is Cc1c(O)cccc1C(C)C(=O)C(C)c1cccc(O)c1C. The lowest BCUT2D eigenvalue weighted by Crippen LogP contribution is -2.18. The first-order valence-corrected chi connectivity index (χ1v) is 7.45. The van der Waals surface area contributed by atoms with E-state index in [1.807, 2.05) is 39.8 Å². The van der Waals surface area contributed by atoms with E-state index < -0.39 is 0 Å². The number of ketones is 1. The average molecular weight is 298 g/mol. The third kappa shape index (κ3) is 2.84. The second kappa shape index (κ2) is 6.22. The lowest BCUT2D eigenvalue weighted by molar-refractivity contribution is -0.121. The number of carbonyl (C=O) groups excluding carboxylic acids is 1. The molecular weight excluding hydrogens is 276 g/mol. The van der Waals surface area contributed by atoms with Gasteiger partial charge in [-0.15, -0.1) is 0 Å². The Morgan fingerprint density at radius 1 is 0.818 bits per heavy atom. The van der Waals surface area contributed by atoms with Gasteiger partial charge in [0.2, 0.25) is 0 Å². The Morgan fingerprint density at radius 3 is 1.55 bits per heavy atom. The van der Waals surface area contributed by atoms with E-state index in [-0.39, 0.29) is 29.1 Å². The first kappa shape index (κ1) is 16.1. The van der Waals surface area contributed by atoms with E-state index in [1.54, 1.807) is 24.3 Å². The van der Waals surface area contributed by atoms with E-state index >= 15 is 0 Å². The van der Waals surface area contributed by atoms with Crippen molar-refractivity contribution < 1.29 is 15.0 Å². The summed E-state index contributed by atoms with van der Waals surface area (Å²) < 4.78 is 0. The first-order chi connectivity index (χ1) is 10.3. The van der Waals surface area contributed by atoms with Gasteiger partial charge in [-0.3, -0.25) is 4.79 Å². The van der Waals surface area contributed by atoms with E-state index in [9.17, 15) is 15.0 Å². The Hall–Kier alpha value is -2.29. The summed E-state index contributed by atoms with van der Waals surface area (Å²) in [5.74, 6) is -0.147. The van der Waals surface area contributed by atoms with Crippen molar-refractivity contribution in [2.75, 3.05) is 0 Å². The van der Waals surface area contributed by atoms with Gasteiger partial charge in [0.05, 0.1) is 0 Å². The molecule has 22 heavy (non-hydrogen) atoms. The number of phenolic OH excluding ortho intramolecular Hbond substituents is 2. The summed E-state index contributed by atoms with van der Waals surface area (Å²) in [4.78, 5) is 12.8. The molecule has 3 nitrogen and oxygen atoms in total. The summed E-state index contributed by atoms with van der Waals surface area (Å²) in [5, 5.41) is 19.6. The van der Waals surface area contributed by atoms with Crippen molar-refractivity contribution in [3.8, 4) is 11.5 Å². The molecule has 0 heterocycles. The van der Waals surface area contributed by atoms with Gasteiger partial charge >= 0.3 is 0 Å². The summed E-state index contributed by atoms with van der Waals surface area (Å²) in [6.45, 7) is 7.36. The van der Waals surface area contributed by atoms with Gasteiger partial charge in [-0.25, -0.2) is 0 Å². The summed E-state index contributed by atoms with van der Waals surface area (Å²) in [6.07, 6.45) is 0. The van der Waals surface area contributed by atoms with E-state index in [0.29, 0.717) is 0 Å². The number of rotatable bonds is 4. The molecule has 0 spiro atoms. The van der Waals surface area contributed by atoms with Crippen LogP contribution >= 0.6 is 0 Å². The maximum Gasteiger partial charge on any atom is 0.147 e. The minimum Gasteiger partial charge on any atom is -0.508 e. The molecule has 2 N–H and O–H groups in total. The zero-order valence-corrected chi connectivity index (χ0v) is 13.4. The Morgan fingerprint density at radius 2 is 1.18 bits per heavy atom. The van der Waals surface area contributed by atoms with Crippen LogP contribution in [0.1, 0.15) is 47.9 Å². The highest BCUT2D eigenvalue weighted by atomic mass is 16.3. The van der Waals surface area contributed by atoms with Gasteiger partial charge in [-0.2, -0.15) is 0 Å². The molecule has 3 heteroatoms. The van der Waals surface area contributed by atoms with E-state index in [0.717, 1.165) is 22.3 Å². The van der Waals surface area contributed by atoms with Crippen LogP contribution in [0, 0.1) is 13.8 Å². The van der Waals surface area contributed by atoms with E-state index in [1.165, 1.54) is 0 Å². The van der Waals surface area contributed by atoms with Crippen LogP contribution in [-0.4, -0.2) is 16.0 Å². The molecule has 0 aliphatic heterocycles. The molecule has 2 rings (SSSR count). The number of hydrogen-bond donors (Lipinski definition) is 2. The maximum atomic E-state index is 12.8. The molecule has 0 bridgehead atoms. The summed E-state index contributed by atoms with van der Waals surface area (Å²) in [7, 11) is 0. The minimum absolute atomic E-state index is 0.0717. The largest absolute Gasteiger partial charge is 0.508 e. The number of carbonyl (C=O) groups is 1. The zero-order valence-electron chi connectivity index (χ0n) is 13.4. The van der Waals surface area contributed by atoms with Crippen LogP contribution < -0.4 is 0 Å². The standard InChI is InChI=1S/C19H22O3/c1-11-15(7-5-9-17(11)20)13(3)19(22)14(4)16-8-6-10-18(21)12(16)2/h5-10,13-14,20-21H,1-4H3. The normalized spacial score (nSPS) is 13.6. The molecular formula is C19H22O3. The molecule has 0 radical (unpaired) electrons. The predicted octanol–water partition coefficient (Wildman–Crippen LogP) is 4.19. The van der Waals surface area contributed by atoms with Gasteiger partial charge in [0.25, 0.3) is 0 Å². The quantitative estimate of drug-likeness (QED) is 0.889. The highest BCUT2D eigenvalue weighted by molar-refractivity contribution is 5.91. The smallest absolute Gasteiger partial charge is 0.147 e. The second-order valence-corrected chi connectivity index (χ2v) is 5.83. The Labute approximate surface area is 131 Å². The zero-order chi connectivity index (χ0) is 16.4. The first-order valence-electron chi connectivity index (χ1n) is 7.45. The summed E-state index contributed by atoms with van der Waals surface area (Å²) in [6, 6.07) is 10.5. The van der Waals surface area contributed by atoms with Gasteiger partial charge in [0, 0.05) is 11.8 Å². The van der Waals surface area contributed by atoms with Crippen LogP contribution in [0.15, 0.2) is 36.4 Å². The van der Waals surface area contributed by atoms with Crippen LogP contribution in [0.3, 0.4) is 0 Å². The molecule has 116 valence electrons. The molecule has 0 fully saturated rings. The topological polar surface area (TPSA) is 57.5 Å². The Kier molecular flexibility index (Phi) is 4.55. The van der Waals surface area contributed by atoms with Crippen molar-refractivity contribution in [1.82, 2.24) is 0 Å². The van der Waals surface area contributed by atoms with Crippen LogP contribution in [0.4, 0.5) is 0 Å². The van der Waals surface area contributed by atoms with Gasteiger partial charge < -0.3 is 10.2 Å². The lowest BCUT2D eigenvalue weighted by atomic mass is 9.83. The van der Waals surface area contributed by atoms with E-state index in [4.69, 9.17) is 0 Å². The van der Waals surface area contributed by atoms with Crippen LogP contribution in [0.5, 0.6) is 11.5 Å². The summed E-state index contributed by atoms with van der Waals surface area (Å²) >= 11 is 0. The van der Waals surface area contributed by atoms with Gasteiger partial charge in [0.1, 0.15) is 17.3 Å². The fraction of sp³-hybridized carbons (Fsp3) is 0.316. The van der Waals surface area contributed by atoms with Crippen LogP contribution in [0.25, 0.3) is 0 Å². The molecule has 0 saturated heterocycles. The number of benzene rings is 2. The van der Waals surface area contributed by atoms with Crippen molar-refractivity contribution in [1.29, 1.82) is 0 Å². The molecule has 0 saturated carbocycles. The molecule has 2 aromatic rings. The van der Waals surface area contributed by atoms with Crippen molar-refractivity contribution in [3.05, 3.63) is 58.7 Å². The molecule has 2 atom stereocenters. The van der Waals surface area contributed by atoms with Crippen LogP contribution in [0.2, 0.25) is 0 Å². The van der Waals surface area contributed by atoms with Gasteiger partial charge in [-0.1, -0.05) is 38.1 Å². The Balaban J connectivity index is 2.34. The maximum absolute atomic E-state index is 12.8. The number of Topliss-reactive ketones (excluding diaryl/α,β-unsaturated/α-hetero) is 1. The molecule has 0 aliphatic rings. The lowest BCUT2D eigenvalue weighted by Gasteiger charge is -2.20. The van der Waals surface area contributed by atoms with Crippen molar-refractivity contribution in [3.63, 3.8) is 0 Å². The highest BCUT2D eigenvalue weighted by Gasteiger charge is 2.25. The van der Waals surface area contributed by atoms with Crippen molar-refractivity contribution >= 4 is 5.78 Å². The fourth-order valence-electron chi connectivity index (χ4n) is 2.90.